The highest BCUT2D eigenvalue weighted by Crippen LogP contribution is 2.01. The van der Waals surface area contributed by atoms with Crippen LogP contribution in [-0.2, 0) is 9.53 Å². The van der Waals surface area contributed by atoms with Crippen LogP contribution in [0.4, 0.5) is 4.79 Å². The van der Waals surface area contributed by atoms with Crippen LogP contribution >= 0.6 is 0 Å². The normalized spacial score (nSPS) is 10.7. The van der Waals surface area contributed by atoms with E-state index < -0.39 is 17.6 Å². The molecule has 0 aromatic carbocycles. The van der Waals surface area contributed by atoms with Crippen LogP contribution in [-0.4, -0.2) is 29.3 Å². The first-order chi connectivity index (χ1) is 5.90. The Morgan fingerprint density at radius 3 is 2.38 bits per heavy atom. The van der Waals surface area contributed by atoms with E-state index in [-0.39, 0.29) is 0 Å². The monoisotopic (exact) mass is 189 g/mol. The molecule has 5 heteroatoms. The van der Waals surface area contributed by atoms with Crippen LogP contribution in [0, 0.1) is 0 Å². The maximum absolute atomic E-state index is 10.9. The van der Waals surface area contributed by atoms with Crippen LogP contribution in [0.25, 0.3) is 0 Å². The number of carbonyl (C=O) groups is 2. The highest BCUT2D eigenvalue weighted by atomic mass is 16.5. The van der Waals surface area contributed by atoms with Gasteiger partial charge in [0.25, 0.3) is 0 Å². The molecule has 0 unspecified atom stereocenters. The predicted octanol–water partition coefficient (Wildman–Crippen LogP) is 0.986. The second-order valence-corrected chi connectivity index (χ2v) is 3.19. The lowest BCUT2D eigenvalue weighted by Crippen LogP contribution is -2.49. The molecule has 0 aromatic heterocycles. The van der Waals surface area contributed by atoms with E-state index in [2.05, 4.69) is 10.1 Å². The van der Waals surface area contributed by atoms with Gasteiger partial charge in [-0.1, -0.05) is 6.92 Å². The average Bonchev–Trinajstić information content (AvgIpc) is 1.99. The van der Waals surface area contributed by atoms with Gasteiger partial charge in [0.2, 0.25) is 0 Å². The number of alkyl carbamates (subject to hydrolysis) is 1. The van der Waals surface area contributed by atoms with E-state index in [9.17, 15) is 9.59 Å². The second kappa shape index (κ2) is 4.69. The van der Waals surface area contributed by atoms with Crippen molar-refractivity contribution in [2.75, 3.05) is 6.61 Å². The third-order valence-electron chi connectivity index (χ3n) is 1.39. The van der Waals surface area contributed by atoms with Crippen LogP contribution in [0.3, 0.4) is 0 Å². The van der Waals surface area contributed by atoms with E-state index in [1.165, 1.54) is 13.8 Å². The molecule has 0 aromatic rings. The molecule has 13 heavy (non-hydrogen) atoms. The van der Waals surface area contributed by atoms with Gasteiger partial charge in [0, 0.05) is 0 Å². The van der Waals surface area contributed by atoms with Crippen molar-refractivity contribution >= 4 is 12.1 Å². The molecule has 0 bridgehead atoms. The van der Waals surface area contributed by atoms with Gasteiger partial charge in [-0.25, -0.2) is 9.59 Å². The Balaban J connectivity index is 3.97. The Kier molecular flexibility index (Phi) is 4.23. The molecule has 0 aliphatic carbocycles. The summed E-state index contributed by atoms with van der Waals surface area (Å²) in [6, 6.07) is 0. The van der Waals surface area contributed by atoms with Gasteiger partial charge in [-0.2, -0.15) is 0 Å². The third-order valence-corrected chi connectivity index (χ3v) is 1.39. The summed E-state index contributed by atoms with van der Waals surface area (Å²) < 4.78 is 4.66. The summed E-state index contributed by atoms with van der Waals surface area (Å²) in [5.74, 6) is -1.10. The van der Waals surface area contributed by atoms with Crippen LogP contribution in [0.15, 0.2) is 0 Å². The smallest absolute Gasteiger partial charge is 0.408 e. The van der Waals surface area contributed by atoms with Gasteiger partial charge >= 0.3 is 12.1 Å². The molecule has 0 atom stereocenters. The molecule has 0 aliphatic heterocycles. The number of nitrogens with one attached hydrogen (secondary N) is 1. The average molecular weight is 189 g/mol. The first-order valence-electron chi connectivity index (χ1n) is 4.08. The number of aliphatic carboxylic acids is 1. The molecule has 0 aliphatic rings. The van der Waals surface area contributed by atoms with Crippen molar-refractivity contribution in [2.24, 2.45) is 0 Å². The number of rotatable bonds is 4. The molecule has 0 saturated heterocycles. The Morgan fingerprint density at radius 2 is 2.00 bits per heavy atom. The molecule has 76 valence electrons. The lowest BCUT2D eigenvalue weighted by Gasteiger charge is -2.20. The van der Waals surface area contributed by atoms with Crippen LogP contribution in [0.5, 0.6) is 0 Å². The van der Waals surface area contributed by atoms with Crippen LogP contribution in [0.1, 0.15) is 27.2 Å². The van der Waals surface area contributed by atoms with Gasteiger partial charge in [-0.15, -0.1) is 0 Å². The van der Waals surface area contributed by atoms with E-state index in [0.717, 1.165) is 0 Å². The molecular formula is C8H15NO4. The second-order valence-electron chi connectivity index (χ2n) is 3.19. The highest BCUT2D eigenvalue weighted by molar-refractivity contribution is 5.83. The topological polar surface area (TPSA) is 75.6 Å². The SMILES string of the molecule is CCCOC(=O)NC(C)(C)C(=O)O. The van der Waals surface area contributed by atoms with Crippen molar-refractivity contribution in [1.82, 2.24) is 5.32 Å². The summed E-state index contributed by atoms with van der Waals surface area (Å²) in [5, 5.41) is 10.9. The first-order valence-corrected chi connectivity index (χ1v) is 4.08. The van der Waals surface area contributed by atoms with Crippen molar-refractivity contribution in [3.05, 3.63) is 0 Å². The maximum atomic E-state index is 10.9. The Bertz CT molecular complexity index is 200. The fraction of sp³-hybridized carbons (Fsp3) is 0.750. The van der Waals surface area contributed by atoms with Gasteiger partial charge < -0.3 is 15.2 Å². The molecule has 0 fully saturated rings. The van der Waals surface area contributed by atoms with E-state index in [1.807, 2.05) is 6.92 Å². The Hall–Kier alpha value is -1.26. The van der Waals surface area contributed by atoms with Gasteiger partial charge in [0.05, 0.1) is 6.61 Å². The molecule has 2 N–H and O–H groups in total. The van der Waals surface area contributed by atoms with E-state index in [1.54, 1.807) is 0 Å². The standard InChI is InChI=1S/C8H15NO4/c1-4-5-13-7(12)9-8(2,3)6(10)11/h4-5H2,1-3H3,(H,9,12)(H,10,11). The minimum atomic E-state index is -1.29. The van der Waals surface area contributed by atoms with Gasteiger partial charge in [-0.3, -0.25) is 0 Å². The van der Waals surface area contributed by atoms with Crippen LogP contribution < -0.4 is 5.32 Å². The van der Waals surface area contributed by atoms with Crippen molar-refractivity contribution in [2.45, 2.75) is 32.7 Å². The number of carboxylic acids is 1. The van der Waals surface area contributed by atoms with E-state index in [0.29, 0.717) is 13.0 Å². The zero-order valence-corrected chi connectivity index (χ0v) is 8.09. The minimum absolute atomic E-state index is 0.293. The number of ether oxygens (including phenoxy) is 1. The van der Waals surface area contributed by atoms with Crippen molar-refractivity contribution < 1.29 is 19.4 Å². The number of hydrogen-bond acceptors (Lipinski definition) is 3. The van der Waals surface area contributed by atoms with Crippen LogP contribution in [0.2, 0.25) is 0 Å². The zero-order valence-electron chi connectivity index (χ0n) is 8.09. The summed E-state index contributed by atoms with van der Waals surface area (Å²) in [6.45, 7) is 4.93. The van der Waals surface area contributed by atoms with Gasteiger partial charge in [0.15, 0.2) is 0 Å². The third kappa shape index (κ3) is 4.35. The Morgan fingerprint density at radius 1 is 1.46 bits per heavy atom. The number of carbonyl (C=O) groups excluding carboxylic acids is 1. The zero-order chi connectivity index (χ0) is 10.5. The maximum Gasteiger partial charge on any atom is 0.408 e. The van der Waals surface area contributed by atoms with Crippen molar-refractivity contribution in [3.8, 4) is 0 Å². The van der Waals surface area contributed by atoms with E-state index in [4.69, 9.17) is 5.11 Å². The summed E-state index contributed by atoms with van der Waals surface area (Å²) in [6.07, 6.45) is 0.00948. The lowest BCUT2D eigenvalue weighted by atomic mass is 10.1. The number of amides is 1. The molecule has 0 radical (unpaired) electrons. The van der Waals surface area contributed by atoms with Crippen molar-refractivity contribution in [3.63, 3.8) is 0 Å². The molecule has 0 saturated carbocycles. The van der Waals surface area contributed by atoms with E-state index >= 15 is 0 Å². The molecule has 1 amide bonds. The predicted molar refractivity (Wildman–Crippen MR) is 46.5 cm³/mol. The summed E-state index contributed by atoms with van der Waals surface area (Å²) in [7, 11) is 0. The fourth-order valence-corrected chi connectivity index (χ4v) is 0.539. The summed E-state index contributed by atoms with van der Waals surface area (Å²) in [4.78, 5) is 21.5. The molecule has 0 rings (SSSR count). The largest absolute Gasteiger partial charge is 0.480 e. The minimum Gasteiger partial charge on any atom is -0.480 e. The fourth-order valence-electron chi connectivity index (χ4n) is 0.539. The molecule has 5 nitrogen and oxygen atoms in total. The Labute approximate surface area is 77.1 Å². The molecule has 0 spiro atoms. The van der Waals surface area contributed by atoms with Crippen molar-refractivity contribution in [1.29, 1.82) is 0 Å². The summed E-state index contributed by atoms with van der Waals surface area (Å²) in [5.41, 5.74) is -1.29. The molecular weight excluding hydrogens is 174 g/mol. The number of hydrogen-bond donors (Lipinski definition) is 2. The van der Waals surface area contributed by atoms with Gasteiger partial charge in [-0.05, 0) is 20.3 Å². The summed E-state index contributed by atoms with van der Waals surface area (Å²) >= 11 is 0. The molecule has 0 heterocycles. The first kappa shape index (κ1) is 11.7. The number of carboxylic acid groups (broad SMARTS) is 1. The van der Waals surface area contributed by atoms with Gasteiger partial charge in [0.1, 0.15) is 5.54 Å². The lowest BCUT2D eigenvalue weighted by molar-refractivity contribution is -0.143. The quantitative estimate of drug-likeness (QED) is 0.691. The highest BCUT2D eigenvalue weighted by Gasteiger charge is 2.29.